The second-order valence-electron chi connectivity index (χ2n) is 5.36. The second kappa shape index (κ2) is 6.74. The van der Waals surface area contributed by atoms with E-state index in [1.807, 2.05) is 24.4 Å². The molecule has 0 atom stereocenters. The molecule has 0 radical (unpaired) electrons. The average molecular weight is 286 g/mol. The molecule has 5 heteroatoms. The number of benzene rings is 1. The van der Waals surface area contributed by atoms with Crippen LogP contribution in [-0.4, -0.2) is 49.3 Å². The highest BCUT2D eigenvalue weighted by molar-refractivity contribution is 6.00. The first-order chi connectivity index (χ1) is 10.3. The van der Waals surface area contributed by atoms with Crippen molar-refractivity contribution in [2.24, 2.45) is 0 Å². The van der Waals surface area contributed by atoms with Crippen molar-refractivity contribution in [3.63, 3.8) is 0 Å². The van der Waals surface area contributed by atoms with Gasteiger partial charge in [0.15, 0.2) is 0 Å². The van der Waals surface area contributed by atoms with Gasteiger partial charge in [-0.2, -0.15) is 0 Å². The number of rotatable bonds is 5. The maximum absolute atomic E-state index is 5.99. The third-order valence-corrected chi connectivity index (χ3v) is 3.92. The molecular weight excluding hydrogens is 264 g/mol. The number of nitrogen functional groups attached to an aromatic ring is 1. The Labute approximate surface area is 125 Å². The van der Waals surface area contributed by atoms with Crippen LogP contribution in [0.5, 0.6) is 0 Å². The molecule has 0 unspecified atom stereocenters. The van der Waals surface area contributed by atoms with Gasteiger partial charge in [-0.1, -0.05) is 0 Å². The number of nitrogens with one attached hydrogen (secondary N) is 1. The van der Waals surface area contributed by atoms with E-state index in [0.717, 1.165) is 68.0 Å². The molecule has 1 saturated heterocycles. The molecule has 1 fully saturated rings. The molecule has 3 N–H and O–H groups in total. The highest BCUT2D eigenvalue weighted by Gasteiger charge is 2.09. The van der Waals surface area contributed by atoms with Gasteiger partial charge >= 0.3 is 0 Å². The van der Waals surface area contributed by atoms with Crippen molar-refractivity contribution >= 4 is 22.1 Å². The molecule has 1 aromatic heterocycles. The molecule has 3 rings (SSSR count). The van der Waals surface area contributed by atoms with Crippen LogP contribution in [0.15, 0.2) is 30.6 Å². The Kier molecular flexibility index (Phi) is 4.52. The van der Waals surface area contributed by atoms with Gasteiger partial charge in [-0.3, -0.25) is 9.88 Å². The fraction of sp³-hybridized carbons (Fsp3) is 0.438. The molecule has 0 spiro atoms. The first kappa shape index (κ1) is 14.1. The van der Waals surface area contributed by atoms with Crippen LogP contribution in [0.3, 0.4) is 0 Å². The molecule has 21 heavy (non-hydrogen) atoms. The molecule has 1 aliphatic rings. The van der Waals surface area contributed by atoms with Crippen molar-refractivity contribution in [3.8, 4) is 0 Å². The number of anilines is 2. The maximum Gasteiger partial charge on any atom is 0.0594 e. The fourth-order valence-corrected chi connectivity index (χ4v) is 2.72. The lowest BCUT2D eigenvalue weighted by molar-refractivity contribution is 0.0378. The van der Waals surface area contributed by atoms with E-state index in [1.165, 1.54) is 0 Å². The standard InChI is InChI=1S/C16H22N4O/c17-15-2-3-16(13-4-6-18-12-14(13)15)19-5-1-7-20-8-10-21-11-9-20/h2-4,6,12,19H,1,5,7-11,17H2. The summed E-state index contributed by atoms with van der Waals surface area (Å²) in [4.78, 5) is 6.60. The van der Waals surface area contributed by atoms with Gasteiger partial charge in [-0.05, 0) is 31.2 Å². The Morgan fingerprint density at radius 1 is 1.19 bits per heavy atom. The minimum absolute atomic E-state index is 0.775. The maximum atomic E-state index is 5.99. The summed E-state index contributed by atoms with van der Waals surface area (Å²) in [5.41, 5.74) is 7.89. The van der Waals surface area contributed by atoms with Gasteiger partial charge in [0.1, 0.15) is 0 Å². The molecule has 0 bridgehead atoms. The predicted octanol–water partition coefficient (Wildman–Crippen LogP) is 1.95. The van der Waals surface area contributed by atoms with E-state index in [4.69, 9.17) is 10.5 Å². The predicted molar refractivity (Wildman–Crippen MR) is 86.5 cm³/mol. The van der Waals surface area contributed by atoms with E-state index in [9.17, 15) is 0 Å². The van der Waals surface area contributed by atoms with Crippen LogP contribution >= 0.6 is 0 Å². The number of morpholine rings is 1. The Hall–Kier alpha value is -1.85. The van der Waals surface area contributed by atoms with E-state index in [2.05, 4.69) is 15.2 Å². The van der Waals surface area contributed by atoms with Crippen molar-refractivity contribution < 1.29 is 4.74 Å². The van der Waals surface area contributed by atoms with Crippen LogP contribution in [0.1, 0.15) is 6.42 Å². The van der Waals surface area contributed by atoms with Gasteiger partial charge in [0.2, 0.25) is 0 Å². The number of fused-ring (bicyclic) bond motifs is 1. The number of hydrogen-bond acceptors (Lipinski definition) is 5. The Morgan fingerprint density at radius 2 is 2.05 bits per heavy atom. The molecule has 112 valence electrons. The van der Waals surface area contributed by atoms with E-state index >= 15 is 0 Å². The van der Waals surface area contributed by atoms with Crippen LogP contribution in [0.4, 0.5) is 11.4 Å². The third kappa shape index (κ3) is 3.43. The lowest BCUT2D eigenvalue weighted by Crippen LogP contribution is -2.37. The quantitative estimate of drug-likeness (QED) is 0.650. The highest BCUT2D eigenvalue weighted by Crippen LogP contribution is 2.27. The van der Waals surface area contributed by atoms with Gasteiger partial charge in [-0.15, -0.1) is 0 Å². The summed E-state index contributed by atoms with van der Waals surface area (Å²) in [5, 5.41) is 5.66. The SMILES string of the molecule is Nc1ccc(NCCCN2CCOCC2)c2ccncc12. The number of aromatic nitrogens is 1. The topological polar surface area (TPSA) is 63.4 Å². The first-order valence-electron chi connectivity index (χ1n) is 7.51. The largest absolute Gasteiger partial charge is 0.398 e. The second-order valence-corrected chi connectivity index (χ2v) is 5.36. The normalized spacial score (nSPS) is 16.2. The summed E-state index contributed by atoms with van der Waals surface area (Å²) in [5.74, 6) is 0. The zero-order valence-corrected chi connectivity index (χ0v) is 12.2. The lowest BCUT2D eigenvalue weighted by Gasteiger charge is -2.26. The number of nitrogens with two attached hydrogens (primary N) is 1. The van der Waals surface area contributed by atoms with E-state index < -0.39 is 0 Å². The van der Waals surface area contributed by atoms with Gasteiger partial charge in [0.05, 0.1) is 13.2 Å². The van der Waals surface area contributed by atoms with E-state index in [1.54, 1.807) is 6.20 Å². The summed E-state index contributed by atoms with van der Waals surface area (Å²) in [6.07, 6.45) is 4.75. The summed E-state index contributed by atoms with van der Waals surface area (Å²) < 4.78 is 5.36. The molecule has 0 saturated carbocycles. The zero-order valence-electron chi connectivity index (χ0n) is 12.2. The highest BCUT2D eigenvalue weighted by atomic mass is 16.5. The van der Waals surface area contributed by atoms with Gasteiger partial charge in [0, 0.05) is 54.2 Å². The van der Waals surface area contributed by atoms with Gasteiger partial charge in [-0.25, -0.2) is 0 Å². The van der Waals surface area contributed by atoms with Crippen LogP contribution < -0.4 is 11.1 Å². The van der Waals surface area contributed by atoms with E-state index in [0.29, 0.717) is 0 Å². The first-order valence-corrected chi connectivity index (χ1v) is 7.51. The smallest absolute Gasteiger partial charge is 0.0594 e. The minimum Gasteiger partial charge on any atom is -0.398 e. The molecule has 5 nitrogen and oxygen atoms in total. The summed E-state index contributed by atoms with van der Waals surface area (Å²) in [7, 11) is 0. The number of hydrogen-bond donors (Lipinski definition) is 2. The minimum atomic E-state index is 0.775. The van der Waals surface area contributed by atoms with Gasteiger partial charge in [0.25, 0.3) is 0 Å². The fourth-order valence-electron chi connectivity index (χ4n) is 2.72. The lowest BCUT2D eigenvalue weighted by atomic mass is 10.1. The van der Waals surface area contributed by atoms with Crippen molar-refractivity contribution in [3.05, 3.63) is 30.6 Å². The van der Waals surface area contributed by atoms with Crippen molar-refractivity contribution in [2.75, 3.05) is 50.4 Å². The van der Waals surface area contributed by atoms with Crippen LogP contribution in [0.25, 0.3) is 10.8 Å². The molecular formula is C16H22N4O. The van der Waals surface area contributed by atoms with Crippen LogP contribution in [-0.2, 0) is 4.74 Å². The molecule has 0 aliphatic carbocycles. The zero-order chi connectivity index (χ0) is 14.5. The molecule has 1 aromatic carbocycles. The van der Waals surface area contributed by atoms with E-state index in [-0.39, 0.29) is 0 Å². The Morgan fingerprint density at radius 3 is 2.90 bits per heavy atom. The molecule has 1 aliphatic heterocycles. The van der Waals surface area contributed by atoms with Crippen LogP contribution in [0.2, 0.25) is 0 Å². The molecule has 0 amide bonds. The van der Waals surface area contributed by atoms with Crippen LogP contribution in [0, 0.1) is 0 Å². The number of pyridine rings is 1. The number of nitrogens with zero attached hydrogens (tertiary/aromatic N) is 2. The monoisotopic (exact) mass is 286 g/mol. The number of ether oxygens (including phenoxy) is 1. The van der Waals surface area contributed by atoms with Gasteiger partial charge < -0.3 is 15.8 Å². The van der Waals surface area contributed by atoms with Crippen molar-refractivity contribution in [1.82, 2.24) is 9.88 Å². The summed E-state index contributed by atoms with van der Waals surface area (Å²) in [6.45, 7) is 5.91. The average Bonchev–Trinajstić information content (AvgIpc) is 2.55. The summed E-state index contributed by atoms with van der Waals surface area (Å²) in [6, 6.07) is 6.00. The van der Waals surface area contributed by atoms with Crippen molar-refractivity contribution in [2.45, 2.75) is 6.42 Å². The summed E-state index contributed by atoms with van der Waals surface area (Å²) >= 11 is 0. The van der Waals surface area contributed by atoms with Crippen molar-refractivity contribution in [1.29, 1.82) is 0 Å². The Bertz CT molecular complexity index is 596. The third-order valence-electron chi connectivity index (χ3n) is 3.92. The molecule has 2 heterocycles. The Balaban J connectivity index is 1.57. The molecule has 2 aromatic rings.